The number of nitrogens with zero attached hydrogens (tertiary/aromatic N) is 1. The Kier molecular flexibility index (Phi) is 4.23. The molecule has 0 amide bonds. The summed E-state index contributed by atoms with van der Waals surface area (Å²) in [4.78, 5) is 14.7. The van der Waals surface area contributed by atoms with Crippen LogP contribution in [0.4, 0.5) is 0 Å². The molecule has 0 spiro atoms. The van der Waals surface area contributed by atoms with Crippen LogP contribution in [0.25, 0.3) is 21.7 Å². The quantitative estimate of drug-likeness (QED) is 0.599. The minimum absolute atomic E-state index is 0.0398. The standard InChI is InChI=1S/C22H25NO3/c1-13(2)9-10-23-11-18-20-19(14(3)24)15(4)26-22(20)17-8-6-5-7-16(17)21(18)25-12-23/h5-8,13H,9-12H2,1-4H3. The van der Waals surface area contributed by atoms with Crippen LogP contribution in [0.1, 0.15) is 48.9 Å². The van der Waals surface area contributed by atoms with Gasteiger partial charge in [-0.15, -0.1) is 0 Å². The molecule has 0 fully saturated rings. The van der Waals surface area contributed by atoms with Crippen molar-refractivity contribution in [1.82, 2.24) is 4.90 Å². The molecule has 2 heterocycles. The van der Waals surface area contributed by atoms with E-state index >= 15 is 0 Å². The van der Waals surface area contributed by atoms with Gasteiger partial charge in [0.2, 0.25) is 0 Å². The number of rotatable bonds is 4. The number of furan rings is 1. The van der Waals surface area contributed by atoms with Crippen molar-refractivity contribution in [1.29, 1.82) is 0 Å². The third-order valence-electron chi connectivity index (χ3n) is 5.22. The fourth-order valence-electron chi connectivity index (χ4n) is 3.93. The van der Waals surface area contributed by atoms with Gasteiger partial charge >= 0.3 is 0 Å². The van der Waals surface area contributed by atoms with E-state index in [9.17, 15) is 4.79 Å². The molecule has 0 unspecified atom stereocenters. The lowest BCUT2D eigenvalue weighted by atomic mass is 9.95. The number of carbonyl (C=O) groups excluding carboxylic acids is 1. The number of aryl methyl sites for hydroxylation is 1. The molecule has 2 aromatic carbocycles. The van der Waals surface area contributed by atoms with Crippen molar-refractivity contribution in [2.45, 2.75) is 40.7 Å². The monoisotopic (exact) mass is 351 g/mol. The second-order valence-electron chi connectivity index (χ2n) is 7.66. The highest BCUT2D eigenvalue weighted by Gasteiger charge is 2.28. The first-order valence-corrected chi connectivity index (χ1v) is 9.30. The third-order valence-corrected chi connectivity index (χ3v) is 5.22. The van der Waals surface area contributed by atoms with E-state index in [0.717, 1.165) is 52.6 Å². The molecule has 136 valence electrons. The van der Waals surface area contributed by atoms with Gasteiger partial charge < -0.3 is 9.15 Å². The van der Waals surface area contributed by atoms with Gasteiger partial charge in [-0.3, -0.25) is 9.69 Å². The summed E-state index contributed by atoms with van der Waals surface area (Å²) in [6.07, 6.45) is 1.12. The summed E-state index contributed by atoms with van der Waals surface area (Å²) in [5.41, 5.74) is 2.57. The Morgan fingerprint density at radius 1 is 1.23 bits per heavy atom. The highest BCUT2D eigenvalue weighted by molar-refractivity contribution is 6.17. The van der Waals surface area contributed by atoms with Crippen molar-refractivity contribution in [3.05, 3.63) is 41.2 Å². The lowest BCUT2D eigenvalue weighted by Crippen LogP contribution is -2.33. The van der Waals surface area contributed by atoms with Crippen molar-refractivity contribution in [2.24, 2.45) is 5.92 Å². The number of Topliss-reactive ketones (excluding diaryl/α,β-unsaturated/α-hetero) is 1. The minimum Gasteiger partial charge on any atom is -0.477 e. The molecule has 0 bridgehead atoms. The zero-order valence-electron chi connectivity index (χ0n) is 15.9. The Morgan fingerprint density at radius 3 is 2.65 bits per heavy atom. The Morgan fingerprint density at radius 2 is 1.96 bits per heavy atom. The number of ether oxygens (including phenoxy) is 1. The SMILES string of the molecule is CC(=O)c1c(C)oc2c1c1c(c3ccccc32)OCN(CCC(C)C)C1. The molecule has 4 nitrogen and oxygen atoms in total. The van der Waals surface area contributed by atoms with Crippen molar-refractivity contribution in [3.8, 4) is 5.75 Å². The summed E-state index contributed by atoms with van der Waals surface area (Å²) < 4.78 is 12.3. The van der Waals surface area contributed by atoms with Gasteiger partial charge in [0.1, 0.15) is 23.8 Å². The lowest BCUT2D eigenvalue weighted by molar-refractivity contribution is 0.0933. The topological polar surface area (TPSA) is 42.7 Å². The van der Waals surface area contributed by atoms with Crippen LogP contribution in [-0.2, 0) is 6.54 Å². The molecule has 1 aliphatic rings. The molecular weight excluding hydrogens is 326 g/mol. The van der Waals surface area contributed by atoms with Crippen LogP contribution in [0, 0.1) is 12.8 Å². The maximum atomic E-state index is 12.3. The van der Waals surface area contributed by atoms with E-state index in [0.29, 0.717) is 24.0 Å². The van der Waals surface area contributed by atoms with Crippen molar-refractivity contribution in [2.75, 3.05) is 13.3 Å². The molecule has 0 saturated heterocycles. The Labute approximate surface area is 153 Å². The summed E-state index contributed by atoms with van der Waals surface area (Å²) in [5, 5.41) is 2.99. The first-order valence-electron chi connectivity index (χ1n) is 9.30. The molecule has 0 radical (unpaired) electrons. The van der Waals surface area contributed by atoms with E-state index in [2.05, 4.69) is 24.8 Å². The van der Waals surface area contributed by atoms with E-state index in [1.54, 1.807) is 6.92 Å². The first-order chi connectivity index (χ1) is 12.5. The Balaban J connectivity index is 1.95. The third kappa shape index (κ3) is 2.69. The lowest BCUT2D eigenvalue weighted by Gasteiger charge is -2.31. The van der Waals surface area contributed by atoms with Crippen molar-refractivity contribution < 1.29 is 13.9 Å². The largest absolute Gasteiger partial charge is 0.477 e. The van der Waals surface area contributed by atoms with Crippen LogP contribution in [0.15, 0.2) is 28.7 Å². The average molecular weight is 351 g/mol. The highest BCUT2D eigenvalue weighted by atomic mass is 16.5. The van der Waals surface area contributed by atoms with Crippen molar-refractivity contribution in [3.63, 3.8) is 0 Å². The van der Waals surface area contributed by atoms with Crippen LogP contribution in [0.5, 0.6) is 5.75 Å². The predicted molar refractivity (Wildman–Crippen MR) is 104 cm³/mol. The van der Waals surface area contributed by atoms with Crippen LogP contribution >= 0.6 is 0 Å². The van der Waals surface area contributed by atoms with Gasteiger partial charge in [0.15, 0.2) is 5.78 Å². The van der Waals surface area contributed by atoms with Crippen LogP contribution in [0.2, 0.25) is 0 Å². The zero-order valence-corrected chi connectivity index (χ0v) is 15.9. The second kappa shape index (κ2) is 6.44. The normalized spacial score (nSPS) is 14.8. The fourth-order valence-corrected chi connectivity index (χ4v) is 3.93. The Bertz CT molecular complexity index is 1000. The summed E-state index contributed by atoms with van der Waals surface area (Å²) in [6, 6.07) is 8.13. The van der Waals surface area contributed by atoms with E-state index in [1.807, 2.05) is 25.1 Å². The number of ketones is 1. The van der Waals surface area contributed by atoms with E-state index in [4.69, 9.17) is 9.15 Å². The van der Waals surface area contributed by atoms with Crippen LogP contribution in [0.3, 0.4) is 0 Å². The molecule has 0 saturated carbocycles. The maximum absolute atomic E-state index is 12.3. The summed E-state index contributed by atoms with van der Waals surface area (Å²) in [7, 11) is 0. The average Bonchev–Trinajstić information content (AvgIpc) is 2.97. The van der Waals surface area contributed by atoms with Gasteiger partial charge in [-0.2, -0.15) is 0 Å². The van der Waals surface area contributed by atoms with Gasteiger partial charge in [0.05, 0.1) is 5.56 Å². The number of carbonyl (C=O) groups is 1. The van der Waals surface area contributed by atoms with E-state index in [1.165, 1.54) is 0 Å². The van der Waals surface area contributed by atoms with Crippen molar-refractivity contribution >= 4 is 27.5 Å². The summed E-state index contributed by atoms with van der Waals surface area (Å²) >= 11 is 0. The first kappa shape index (κ1) is 17.1. The molecule has 0 aliphatic carbocycles. The molecule has 4 heteroatoms. The fraction of sp³-hybridized carbons (Fsp3) is 0.409. The van der Waals surface area contributed by atoms with Gasteiger partial charge in [0.25, 0.3) is 0 Å². The molecule has 4 rings (SSSR count). The Hall–Kier alpha value is -2.33. The van der Waals surface area contributed by atoms with Gasteiger partial charge in [-0.05, 0) is 26.2 Å². The molecular formula is C22H25NO3. The highest BCUT2D eigenvalue weighted by Crippen LogP contribution is 2.44. The van der Waals surface area contributed by atoms with Crippen LogP contribution < -0.4 is 4.74 Å². The summed E-state index contributed by atoms with van der Waals surface area (Å²) in [5.74, 6) is 2.28. The maximum Gasteiger partial charge on any atom is 0.163 e. The molecule has 1 aliphatic heterocycles. The number of hydrogen-bond donors (Lipinski definition) is 0. The predicted octanol–water partition coefficient (Wildman–Crippen LogP) is 5.30. The van der Waals surface area contributed by atoms with Gasteiger partial charge in [-0.1, -0.05) is 38.1 Å². The van der Waals surface area contributed by atoms with E-state index < -0.39 is 0 Å². The van der Waals surface area contributed by atoms with E-state index in [-0.39, 0.29) is 5.78 Å². The molecule has 26 heavy (non-hydrogen) atoms. The molecule has 0 N–H and O–H groups in total. The second-order valence-corrected chi connectivity index (χ2v) is 7.66. The van der Waals surface area contributed by atoms with Gasteiger partial charge in [-0.25, -0.2) is 0 Å². The minimum atomic E-state index is 0.0398. The van der Waals surface area contributed by atoms with Crippen LogP contribution in [-0.4, -0.2) is 24.0 Å². The zero-order chi connectivity index (χ0) is 18.4. The van der Waals surface area contributed by atoms with Gasteiger partial charge in [0, 0.05) is 34.8 Å². The summed E-state index contributed by atoms with van der Waals surface area (Å²) in [6.45, 7) is 10.3. The number of hydrogen-bond acceptors (Lipinski definition) is 4. The number of benzene rings is 2. The molecule has 3 aromatic rings. The molecule has 0 atom stereocenters. The number of fused-ring (bicyclic) bond motifs is 6. The molecule has 1 aromatic heterocycles. The smallest absolute Gasteiger partial charge is 0.163 e.